The normalized spacial score (nSPS) is 28.0. The fourth-order valence-corrected chi connectivity index (χ4v) is 2.92. The molecular formula is C12H15IN6O4. The fraction of sp³-hybridized carbons (Fsp3) is 0.500. The Morgan fingerprint density at radius 1 is 1.57 bits per heavy atom. The smallest absolute Gasteiger partial charge is 0.252 e. The van der Waals surface area contributed by atoms with Gasteiger partial charge in [0.2, 0.25) is 0 Å². The van der Waals surface area contributed by atoms with Gasteiger partial charge in [-0.15, -0.1) is 0 Å². The molecule has 10 nitrogen and oxygen atoms in total. The van der Waals surface area contributed by atoms with Gasteiger partial charge in [0.05, 0.1) is 6.33 Å². The number of nitrogens with two attached hydrogens (primary N) is 1. The molecule has 1 unspecified atom stereocenters. The van der Waals surface area contributed by atoms with Crippen molar-refractivity contribution in [3.63, 3.8) is 0 Å². The van der Waals surface area contributed by atoms with Crippen molar-refractivity contribution in [2.24, 2.45) is 0 Å². The van der Waals surface area contributed by atoms with Crippen LogP contribution in [0.25, 0.3) is 11.2 Å². The molecule has 5 N–H and O–H groups in total. The van der Waals surface area contributed by atoms with E-state index in [4.69, 9.17) is 11.8 Å². The number of nitrogen functional groups attached to an aromatic ring is 1. The van der Waals surface area contributed by atoms with Crippen molar-refractivity contribution in [1.29, 1.82) is 0 Å². The molecule has 0 aliphatic carbocycles. The summed E-state index contributed by atoms with van der Waals surface area (Å²) in [7, 11) is 0. The van der Waals surface area contributed by atoms with Crippen LogP contribution in [-0.2, 0) is 9.53 Å². The third-order valence-corrected chi connectivity index (χ3v) is 3.97. The minimum absolute atomic E-state index is 0.00132. The van der Waals surface area contributed by atoms with E-state index < -0.39 is 30.4 Å². The van der Waals surface area contributed by atoms with Gasteiger partial charge in [-0.2, -0.15) is 0 Å². The van der Waals surface area contributed by atoms with Crippen LogP contribution in [0.5, 0.6) is 0 Å². The average Bonchev–Trinajstić information content (AvgIpc) is 3.07. The number of ether oxygens (including phenoxy) is 1. The Morgan fingerprint density at radius 2 is 2.35 bits per heavy atom. The van der Waals surface area contributed by atoms with Crippen LogP contribution in [0.1, 0.15) is 14.5 Å². The number of rotatable bonds is 3. The van der Waals surface area contributed by atoms with Gasteiger partial charge in [0.1, 0.15) is 17.7 Å². The lowest BCUT2D eigenvalue weighted by atomic mass is 10.1. The molecule has 1 aliphatic heterocycles. The molecule has 0 radical (unpaired) electrons. The lowest BCUT2D eigenvalue weighted by Gasteiger charge is -2.16. The number of carbonyl (C=O) groups excluding carboxylic acids is 1. The second kappa shape index (κ2) is 6.14. The Balaban J connectivity index is 1.91. The largest absolute Gasteiger partial charge is 0.387 e. The van der Waals surface area contributed by atoms with Crippen molar-refractivity contribution in [1.82, 2.24) is 24.8 Å². The molecule has 124 valence electrons. The predicted molar refractivity (Wildman–Crippen MR) is 87.1 cm³/mol. The molecule has 0 saturated carbocycles. The van der Waals surface area contributed by atoms with Gasteiger partial charge in [-0.05, 0) is 6.90 Å². The van der Waals surface area contributed by atoms with E-state index in [9.17, 15) is 15.0 Å². The molecule has 2 aromatic heterocycles. The lowest BCUT2D eigenvalue weighted by molar-refractivity contribution is -0.137. The number of hydrogen-bond donors (Lipinski definition) is 4. The fourth-order valence-electron chi connectivity index (χ4n) is 2.43. The zero-order valence-electron chi connectivity index (χ0n) is 12.8. The van der Waals surface area contributed by atoms with E-state index in [0.29, 0.717) is 15.0 Å². The van der Waals surface area contributed by atoms with Crippen LogP contribution in [0.2, 0.25) is 0 Å². The topological polar surface area (TPSA) is 148 Å². The third-order valence-electron chi connectivity index (χ3n) is 3.49. The Kier molecular flexibility index (Phi) is 4.00. The standard InChI is InChI=1S/C12H15IN6O4/c1-2-15-10(22)7-5(20)6(21)11(23-7)19-3-16-4-8(14)17-12(13)18-9(4)19/h3,5-7,11,20-21H,2H2,1H3,(H,15,22)(H2,14,17,18)/t5-,6+,7-,11?/m0/s1/i1D. The number of amides is 1. The number of hydrogen-bond acceptors (Lipinski definition) is 8. The molecule has 1 amide bonds. The second-order valence-corrected chi connectivity index (χ2v) is 5.89. The molecule has 1 saturated heterocycles. The van der Waals surface area contributed by atoms with E-state index in [0.717, 1.165) is 0 Å². The van der Waals surface area contributed by atoms with Gasteiger partial charge in [-0.1, -0.05) is 0 Å². The first-order chi connectivity index (χ1) is 11.4. The minimum atomic E-state index is -1.42. The summed E-state index contributed by atoms with van der Waals surface area (Å²) in [5.74, 6) is -0.412. The summed E-state index contributed by atoms with van der Waals surface area (Å²) in [4.78, 5) is 24.3. The Morgan fingerprint density at radius 3 is 3.09 bits per heavy atom. The number of aliphatic hydroxyl groups is 2. The predicted octanol–water partition coefficient (Wildman–Crippen LogP) is -1.23. The number of nitrogens with zero attached hydrogens (tertiary/aromatic N) is 4. The number of anilines is 1. The summed E-state index contributed by atoms with van der Waals surface area (Å²) in [5.41, 5.74) is 6.46. The second-order valence-electron chi connectivity index (χ2n) is 4.92. The summed E-state index contributed by atoms with van der Waals surface area (Å²) < 4.78 is 14.3. The number of aromatic nitrogens is 4. The van der Waals surface area contributed by atoms with Crippen LogP contribution in [0, 0.1) is 3.83 Å². The van der Waals surface area contributed by atoms with E-state index in [1.165, 1.54) is 10.9 Å². The van der Waals surface area contributed by atoms with Gasteiger partial charge in [0.15, 0.2) is 27.6 Å². The van der Waals surface area contributed by atoms with Gasteiger partial charge < -0.3 is 26.0 Å². The van der Waals surface area contributed by atoms with E-state index in [1.807, 2.05) is 22.6 Å². The van der Waals surface area contributed by atoms with E-state index in [-0.39, 0.29) is 19.3 Å². The van der Waals surface area contributed by atoms with Crippen LogP contribution in [0.3, 0.4) is 0 Å². The van der Waals surface area contributed by atoms with Gasteiger partial charge in [-0.25, -0.2) is 15.0 Å². The van der Waals surface area contributed by atoms with Crippen LogP contribution in [-0.4, -0.2) is 60.5 Å². The molecule has 3 rings (SSSR count). The average molecular weight is 435 g/mol. The molecule has 3 heterocycles. The molecule has 0 aromatic carbocycles. The maximum absolute atomic E-state index is 12.0. The molecule has 1 fully saturated rings. The molecule has 1 aliphatic rings. The molecule has 0 bridgehead atoms. The van der Waals surface area contributed by atoms with Crippen LogP contribution < -0.4 is 11.1 Å². The first kappa shape index (κ1) is 15.0. The molecule has 4 atom stereocenters. The number of carbonyl (C=O) groups is 1. The van der Waals surface area contributed by atoms with Crippen molar-refractivity contribution in [2.45, 2.75) is 31.4 Å². The highest BCUT2D eigenvalue weighted by Crippen LogP contribution is 2.32. The summed E-state index contributed by atoms with van der Waals surface area (Å²) in [6.45, 7) is 0.128. The monoisotopic (exact) mass is 435 g/mol. The molecule has 0 spiro atoms. The van der Waals surface area contributed by atoms with Crippen LogP contribution in [0.4, 0.5) is 5.82 Å². The number of nitrogens with one attached hydrogen (secondary N) is 1. The van der Waals surface area contributed by atoms with Crippen LogP contribution in [0.15, 0.2) is 6.33 Å². The zero-order valence-corrected chi connectivity index (χ0v) is 13.9. The van der Waals surface area contributed by atoms with Crippen molar-refractivity contribution >= 4 is 45.5 Å². The zero-order chi connectivity index (χ0) is 17.4. The SMILES string of the molecule is [2H]CCNC(=O)[C@H]1OC(n2cnc3c(N)nc(I)nc32)[C@H](O)[C@@H]1O. The van der Waals surface area contributed by atoms with Gasteiger partial charge in [0, 0.05) is 30.5 Å². The van der Waals surface area contributed by atoms with Crippen molar-refractivity contribution in [2.75, 3.05) is 12.3 Å². The van der Waals surface area contributed by atoms with Crippen molar-refractivity contribution in [3.05, 3.63) is 10.2 Å². The van der Waals surface area contributed by atoms with E-state index in [1.54, 1.807) is 0 Å². The summed E-state index contributed by atoms with van der Waals surface area (Å²) in [6, 6.07) is 0. The highest BCUT2D eigenvalue weighted by molar-refractivity contribution is 14.1. The quantitative estimate of drug-likeness (QED) is 0.346. The number of imidazole rings is 1. The van der Waals surface area contributed by atoms with E-state index in [2.05, 4.69) is 20.3 Å². The van der Waals surface area contributed by atoms with Crippen molar-refractivity contribution < 1.29 is 21.1 Å². The van der Waals surface area contributed by atoms with Gasteiger partial charge >= 0.3 is 0 Å². The Labute approximate surface area is 145 Å². The Hall–Kier alpha value is -1.57. The first-order valence-electron chi connectivity index (χ1n) is 7.39. The number of likely N-dealkylation sites (N-methyl/N-ethyl adjacent to an activating group) is 1. The Bertz CT molecular complexity index is 773. The summed E-state index contributed by atoms with van der Waals surface area (Å²) in [6.07, 6.45) is -3.73. The summed E-state index contributed by atoms with van der Waals surface area (Å²) in [5, 5.41) is 22.8. The van der Waals surface area contributed by atoms with E-state index >= 15 is 0 Å². The first-order valence-corrected chi connectivity index (χ1v) is 7.76. The molecule has 23 heavy (non-hydrogen) atoms. The van der Waals surface area contributed by atoms with Gasteiger partial charge in [-0.3, -0.25) is 9.36 Å². The maximum atomic E-state index is 12.0. The maximum Gasteiger partial charge on any atom is 0.252 e. The molecular weight excluding hydrogens is 419 g/mol. The number of halogens is 1. The highest BCUT2D eigenvalue weighted by Gasteiger charge is 2.47. The number of fused-ring (bicyclic) bond motifs is 1. The third kappa shape index (κ3) is 2.73. The van der Waals surface area contributed by atoms with Gasteiger partial charge in [0.25, 0.3) is 5.91 Å². The minimum Gasteiger partial charge on any atom is -0.387 e. The molecule has 2 aromatic rings. The number of aliphatic hydroxyl groups excluding tert-OH is 2. The van der Waals surface area contributed by atoms with Crippen molar-refractivity contribution in [3.8, 4) is 0 Å². The van der Waals surface area contributed by atoms with Crippen LogP contribution >= 0.6 is 22.6 Å². The summed E-state index contributed by atoms with van der Waals surface area (Å²) >= 11 is 1.89. The molecule has 11 heteroatoms. The lowest BCUT2D eigenvalue weighted by Crippen LogP contribution is -2.42. The highest BCUT2D eigenvalue weighted by atomic mass is 127.